The molecule has 1 rings (SSSR count). The first-order valence-corrected chi connectivity index (χ1v) is 7.29. The lowest BCUT2D eigenvalue weighted by Crippen LogP contribution is -2.33. The van der Waals surface area contributed by atoms with Crippen LogP contribution in [-0.2, 0) is 11.3 Å². The van der Waals surface area contributed by atoms with E-state index in [1.165, 1.54) is 0 Å². The van der Waals surface area contributed by atoms with E-state index in [9.17, 15) is 15.3 Å². The van der Waals surface area contributed by atoms with Gasteiger partial charge in [-0.15, -0.1) is 0 Å². The van der Waals surface area contributed by atoms with E-state index in [-0.39, 0.29) is 12.3 Å². The van der Waals surface area contributed by atoms with Crippen LogP contribution in [-0.4, -0.2) is 52.0 Å². The van der Waals surface area contributed by atoms with E-state index < -0.39 is 24.9 Å². The quantitative estimate of drug-likeness (QED) is 0.510. The molecule has 0 spiro atoms. The molecule has 0 saturated heterocycles. The van der Waals surface area contributed by atoms with Gasteiger partial charge in [0.15, 0.2) is 0 Å². The third-order valence-corrected chi connectivity index (χ3v) is 3.33. The fourth-order valence-electron chi connectivity index (χ4n) is 2.10. The average molecular weight is 298 g/mol. The summed E-state index contributed by atoms with van der Waals surface area (Å²) in [6.45, 7) is 2.53. The van der Waals surface area contributed by atoms with E-state index in [1.807, 2.05) is 37.3 Å². The van der Waals surface area contributed by atoms with Gasteiger partial charge in [-0.05, 0) is 17.9 Å². The largest absolute Gasteiger partial charge is 0.394 e. The fraction of sp³-hybridized carbons (Fsp3) is 0.625. The Morgan fingerprint density at radius 3 is 2.24 bits per heavy atom. The van der Waals surface area contributed by atoms with Crippen LogP contribution in [0.15, 0.2) is 30.3 Å². The molecule has 1 aromatic carbocycles. The molecular weight excluding hydrogens is 272 g/mol. The average Bonchev–Trinajstić information content (AvgIpc) is 2.48. The second-order valence-electron chi connectivity index (χ2n) is 5.55. The van der Waals surface area contributed by atoms with Crippen LogP contribution in [0.3, 0.4) is 0 Å². The van der Waals surface area contributed by atoms with Crippen LogP contribution in [0, 0.1) is 5.92 Å². The van der Waals surface area contributed by atoms with Crippen molar-refractivity contribution in [2.75, 3.05) is 13.2 Å². The Balaban J connectivity index is 2.21. The van der Waals surface area contributed by atoms with Crippen molar-refractivity contribution >= 4 is 0 Å². The number of aliphatic hydroxyl groups excluding tert-OH is 4. The van der Waals surface area contributed by atoms with Crippen LogP contribution in [0.4, 0.5) is 0 Å². The van der Waals surface area contributed by atoms with E-state index >= 15 is 0 Å². The fourth-order valence-corrected chi connectivity index (χ4v) is 2.10. The lowest BCUT2D eigenvalue weighted by Gasteiger charge is -2.22. The van der Waals surface area contributed by atoms with Gasteiger partial charge in [0, 0.05) is 13.0 Å². The van der Waals surface area contributed by atoms with Gasteiger partial charge < -0.3 is 25.2 Å². The van der Waals surface area contributed by atoms with Crippen LogP contribution in [0.2, 0.25) is 0 Å². The molecule has 0 radical (unpaired) electrons. The number of aliphatic hydroxyl groups is 4. The molecule has 4 N–H and O–H groups in total. The maximum Gasteiger partial charge on any atom is 0.0824 e. The monoisotopic (exact) mass is 298 g/mol. The molecule has 0 aliphatic rings. The summed E-state index contributed by atoms with van der Waals surface area (Å²) in [7, 11) is 0. The van der Waals surface area contributed by atoms with Crippen molar-refractivity contribution in [3.63, 3.8) is 0 Å². The van der Waals surface area contributed by atoms with Crippen molar-refractivity contribution in [3.05, 3.63) is 35.9 Å². The van der Waals surface area contributed by atoms with Gasteiger partial charge in [0.1, 0.15) is 0 Å². The third kappa shape index (κ3) is 7.55. The van der Waals surface area contributed by atoms with Crippen LogP contribution >= 0.6 is 0 Å². The maximum atomic E-state index is 9.85. The Morgan fingerprint density at radius 1 is 1.00 bits per heavy atom. The molecule has 21 heavy (non-hydrogen) atoms. The molecule has 120 valence electrons. The highest BCUT2D eigenvalue weighted by molar-refractivity contribution is 5.13. The summed E-state index contributed by atoms with van der Waals surface area (Å²) in [4.78, 5) is 0. The number of hydrogen-bond donors (Lipinski definition) is 4. The minimum absolute atomic E-state index is 0.0325. The highest BCUT2D eigenvalue weighted by Gasteiger charge is 2.21. The summed E-state index contributed by atoms with van der Waals surface area (Å²) in [5.41, 5.74) is 1.09. The van der Waals surface area contributed by atoms with Crippen molar-refractivity contribution in [3.8, 4) is 0 Å². The maximum absolute atomic E-state index is 9.85. The van der Waals surface area contributed by atoms with Crippen molar-refractivity contribution in [1.82, 2.24) is 0 Å². The molecule has 1 aromatic rings. The smallest absolute Gasteiger partial charge is 0.0824 e. The normalized spacial score (nSPS) is 17.2. The number of benzene rings is 1. The summed E-state index contributed by atoms with van der Waals surface area (Å²) in [6, 6.07) is 9.83. The Morgan fingerprint density at radius 2 is 1.62 bits per heavy atom. The molecule has 0 fully saturated rings. The highest BCUT2D eigenvalue weighted by atomic mass is 16.5. The molecule has 4 atom stereocenters. The molecule has 5 nitrogen and oxygen atoms in total. The van der Waals surface area contributed by atoms with Gasteiger partial charge in [-0.25, -0.2) is 0 Å². The Labute approximate surface area is 125 Å². The first-order chi connectivity index (χ1) is 10.0. The summed E-state index contributed by atoms with van der Waals surface area (Å²) in [5, 5.41) is 37.5. The summed E-state index contributed by atoms with van der Waals surface area (Å²) in [5.74, 6) is 0.0876. The minimum atomic E-state index is -1.04. The van der Waals surface area contributed by atoms with E-state index in [0.29, 0.717) is 19.6 Å². The molecule has 0 saturated carbocycles. The number of ether oxygens (including phenoxy) is 1. The van der Waals surface area contributed by atoms with Crippen molar-refractivity contribution < 1.29 is 25.2 Å². The van der Waals surface area contributed by atoms with Gasteiger partial charge in [0.05, 0.1) is 31.5 Å². The van der Waals surface area contributed by atoms with E-state index in [1.54, 1.807) is 0 Å². The van der Waals surface area contributed by atoms with E-state index in [2.05, 4.69) is 0 Å². The second-order valence-corrected chi connectivity index (χ2v) is 5.55. The lowest BCUT2D eigenvalue weighted by atomic mass is 9.97. The van der Waals surface area contributed by atoms with Gasteiger partial charge in [-0.3, -0.25) is 0 Å². The van der Waals surface area contributed by atoms with E-state index in [4.69, 9.17) is 9.84 Å². The van der Waals surface area contributed by atoms with Crippen molar-refractivity contribution in [1.29, 1.82) is 0 Å². The van der Waals surface area contributed by atoms with Gasteiger partial charge >= 0.3 is 0 Å². The molecule has 0 bridgehead atoms. The van der Waals surface area contributed by atoms with Crippen molar-refractivity contribution in [2.45, 2.75) is 44.7 Å². The van der Waals surface area contributed by atoms with Gasteiger partial charge in [0.25, 0.3) is 0 Å². The van der Waals surface area contributed by atoms with E-state index in [0.717, 1.165) is 5.56 Å². The van der Waals surface area contributed by atoms with Crippen LogP contribution < -0.4 is 0 Å². The zero-order chi connectivity index (χ0) is 15.7. The molecule has 0 aliphatic carbocycles. The van der Waals surface area contributed by atoms with Gasteiger partial charge in [-0.2, -0.15) is 0 Å². The molecule has 0 amide bonds. The standard InChI is InChI=1S/C16H26O5/c1-12(7-15(19)16(20)8-14(18)9-17)10-21-11-13-5-3-2-4-6-13/h2-6,12,14-20H,7-11H2,1H3/t12?,14-,15-,16-/m0/s1. The Bertz CT molecular complexity index is 370. The van der Waals surface area contributed by atoms with Gasteiger partial charge in [0.2, 0.25) is 0 Å². The third-order valence-electron chi connectivity index (χ3n) is 3.33. The summed E-state index contributed by atoms with van der Waals surface area (Å²) in [6.07, 6.45) is -2.62. The van der Waals surface area contributed by atoms with Gasteiger partial charge in [-0.1, -0.05) is 37.3 Å². The Kier molecular flexibility index (Phi) is 8.49. The second kappa shape index (κ2) is 9.87. The van der Waals surface area contributed by atoms with Crippen molar-refractivity contribution in [2.24, 2.45) is 5.92 Å². The molecule has 0 aromatic heterocycles. The predicted octanol–water partition coefficient (Wildman–Crippen LogP) is 0.694. The van der Waals surface area contributed by atoms with Crippen LogP contribution in [0.25, 0.3) is 0 Å². The SMILES string of the molecule is CC(COCc1ccccc1)C[C@H](O)[C@@H](O)C[C@H](O)CO. The first-order valence-electron chi connectivity index (χ1n) is 7.29. The summed E-state index contributed by atoms with van der Waals surface area (Å²) >= 11 is 0. The molecule has 0 heterocycles. The van der Waals surface area contributed by atoms with Crippen LogP contribution in [0.5, 0.6) is 0 Å². The number of hydrogen-bond acceptors (Lipinski definition) is 5. The minimum Gasteiger partial charge on any atom is -0.394 e. The Hall–Kier alpha value is -0.980. The molecule has 0 aliphatic heterocycles. The molecular formula is C16H26O5. The first kappa shape index (κ1) is 18.1. The zero-order valence-corrected chi connectivity index (χ0v) is 12.4. The van der Waals surface area contributed by atoms with Crippen LogP contribution in [0.1, 0.15) is 25.3 Å². The highest BCUT2D eigenvalue weighted by Crippen LogP contribution is 2.14. The lowest BCUT2D eigenvalue weighted by molar-refractivity contribution is -0.0370. The predicted molar refractivity (Wildman–Crippen MR) is 79.6 cm³/mol. The molecule has 1 unspecified atom stereocenters. The zero-order valence-electron chi connectivity index (χ0n) is 12.4. The number of rotatable bonds is 10. The molecule has 5 heteroatoms. The summed E-state index contributed by atoms with van der Waals surface area (Å²) < 4.78 is 5.58. The topological polar surface area (TPSA) is 90.2 Å².